The van der Waals surface area contributed by atoms with Crippen LogP contribution in [0, 0.1) is 0 Å². The van der Waals surface area contributed by atoms with E-state index in [4.69, 9.17) is 28.0 Å². The first-order valence-electron chi connectivity index (χ1n) is 17.8. The van der Waals surface area contributed by atoms with Gasteiger partial charge in [-0.2, -0.15) is 0 Å². The maximum Gasteiger partial charge on any atom is 0.698 e. The number of rotatable bonds is 18. The van der Waals surface area contributed by atoms with Crippen LogP contribution in [0.1, 0.15) is 0 Å². The average molecular weight is 1000 g/mol. The molecule has 0 atom stereocenters. The Morgan fingerprint density at radius 3 is 1.39 bits per heavy atom. The van der Waals surface area contributed by atoms with Gasteiger partial charge in [-0.25, -0.2) is 28.7 Å². The first-order valence-corrected chi connectivity index (χ1v) is 20.5. The van der Waals surface area contributed by atoms with E-state index >= 15 is 0 Å². The first-order chi connectivity index (χ1) is 29.9. The molecule has 4 aromatic carbocycles. The van der Waals surface area contributed by atoms with Crippen LogP contribution in [0.4, 0.5) is 43.2 Å². The predicted molar refractivity (Wildman–Crippen MR) is 235 cm³/mol. The molecular formula is C40H34Br2F2N8O9P+. The van der Waals surface area contributed by atoms with Crippen LogP contribution >= 0.6 is 40.1 Å². The Bertz CT molecular complexity index is 2570. The molecule has 22 heteroatoms. The van der Waals surface area contributed by atoms with Crippen LogP contribution < -0.4 is 40.2 Å². The number of carbonyl (C=O) groups excluding carboxylic acids is 2. The highest BCUT2D eigenvalue weighted by atomic mass is 79.9. The summed E-state index contributed by atoms with van der Waals surface area (Å²) in [6.07, 6.45) is 4.12. The summed E-state index contributed by atoms with van der Waals surface area (Å²) in [5.74, 6) is -2.78. The van der Waals surface area contributed by atoms with E-state index in [9.17, 15) is 22.9 Å². The van der Waals surface area contributed by atoms with Crippen LogP contribution in [0.3, 0.4) is 0 Å². The summed E-state index contributed by atoms with van der Waals surface area (Å²) in [5, 5.41) is 12.1. The molecule has 4 N–H and O–H groups in total. The monoisotopic (exact) mass is 997 g/mol. The predicted octanol–water partition coefficient (Wildman–Crippen LogP) is 9.59. The number of fused-ring (bicyclic) bond motifs is 2. The summed E-state index contributed by atoms with van der Waals surface area (Å²) >= 11 is 6.86. The lowest BCUT2D eigenvalue weighted by molar-refractivity contribution is -0.114. The second kappa shape index (κ2) is 20.9. The summed E-state index contributed by atoms with van der Waals surface area (Å²) in [5.41, 5.74) is 2.27. The van der Waals surface area contributed by atoms with Gasteiger partial charge in [0.05, 0.1) is 62.2 Å². The highest BCUT2D eigenvalue weighted by Crippen LogP contribution is 2.38. The maximum atomic E-state index is 14.9. The fourth-order valence-electron chi connectivity index (χ4n) is 5.64. The Morgan fingerprint density at radius 2 is 1.00 bits per heavy atom. The molecule has 2 aromatic heterocycles. The van der Waals surface area contributed by atoms with E-state index in [1.54, 1.807) is 24.3 Å². The summed E-state index contributed by atoms with van der Waals surface area (Å²) in [6, 6.07) is 16.8. The van der Waals surface area contributed by atoms with Crippen molar-refractivity contribution in [1.29, 1.82) is 0 Å². The third-order valence-corrected chi connectivity index (χ3v) is 10.3. The number of hydrogen-bond acceptors (Lipinski definition) is 15. The van der Waals surface area contributed by atoms with Crippen molar-refractivity contribution in [2.24, 2.45) is 0 Å². The zero-order chi connectivity index (χ0) is 44.3. The molecule has 0 unspecified atom stereocenters. The van der Waals surface area contributed by atoms with Gasteiger partial charge in [-0.15, -0.1) is 9.05 Å². The number of carbonyl (C=O) groups is 2. The van der Waals surface area contributed by atoms with Crippen LogP contribution in [0.15, 0.2) is 106 Å². The number of benzene rings is 4. The van der Waals surface area contributed by atoms with E-state index in [1.165, 1.54) is 65.4 Å². The second-order valence-corrected chi connectivity index (χ2v) is 15.1. The second-order valence-electron chi connectivity index (χ2n) is 12.4. The number of nitrogens with zero attached hydrogens (tertiary/aromatic N) is 4. The van der Waals surface area contributed by atoms with E-state index in [-0.39, 0.29) is 22.9 Å². The molecule has 0 aliphatic heterocycles. The van der Waals surface area contributed by atoms with Gasteiger partial charge in [0.1, 0.15) is 60.5 Å². The van der Waals surface area contributed by atoms with Crippen molar-refractivity contribution in [3.63, 3.8) is 0 Å². The number of amides is 2. The molecule has 0 saturated heterocycles. The number of halogens is 4. The van der Waals surface area contributed by atoms with Crippen LogP contribution in [0.2, 0.25) is 0 Å². The summed E-state index contributed by atoms with van der Waals surface area (Å²) in [4.78, 5) is 42.8. The Kier molecular flexibility index (Phi) is 15.2. The zero-order valence-electron chi connectivity index (χ0n) is 32.9. The molecule has 0 aliphatic rings. The summed E-state index contributed by atoms with van der Waals surface area (Å²) in [6.45, 7) is -1.33. The van der Waals surface area contributed by atoms with Gasteiger partial charge >= 0.3 is 8.25 Å². The van der Waals surface area contributed by atoms with Crippen molar-refractivity contribution >= 4 is 108 Å². The Labute approximate surface area is 369 Å². The normalized spacial score (nSPS) is 11.8. The average Bonchev–Trinajstić information content (AvgIpc) is 3.26. The lowest BCUT2D eigenvalue weighted by atomic mass is 10.1. The van der Waals surface area contributed by atoms with Crippen molar-refractivity contribution in [1.82, 2.24) is 19.9 Å². The zero-order valence-corrected chi connectivity index (χ0v) is 37.0. The number of hydrogen-bond donors (Lipinski definition) is 4. The molecule has 0 aliphatic carbocycles. The number of methoxy groups -OCH3 is 4. The van der Waals surface area contributed by atoms with Crippen molar-refractivity contribution in [3.05, 3.63) is 106 Å². The standard InChI is InChI=1S/C40H33Br2F2N8O9P/c1-56-33-7-5-21(41)13-29(33)49-37-23-15-31(35(58-3)17-27(23)45-19-47-37)51-39(53)25(43)9-11-60-62(55)61-12-10-26(44)40(54)52-32-16-24-28(18-36(32)59-4)46-20-48-38(24)50-30-14-22(42)6-8-34(30)57-2/h5-10,13-20H,11-12H2,1-4H3,(H3-,45,46,47,48,49,50,51,52,53,54)/p+1. The molecule has 6 aromatic rings. The van der Waals surface area contributed by atoms with Gasteiger partial charge in [0.25, 0.3) is 11.8 Å². The smallest absolute Gasteiger partial charge is 0.495 e. The van der Waals surface area contributed by atoms with Gasteiger partial charge < -0.3 is 40.2 Å². The fourth-order valence-corrected chi connectivity index (χ4v) is 6.83. The molecule has 0 fully saturated rings. The molecule has 320 valence electrons. The van der Waals surface area contributed by atoms with Crippen molar-refractivity contribution in [2.45, 2.75) is 0 Å². The van der Waals surface area contributed by atoms with Crippen LogP contribution in [0.25, 0.3) is 21.8 Å². The summed E-state index contributed by atoms with van der Waals surface area (Å²) < 4.78 is 75.2. The minimum absolute atomic E-state index is 0.0910. The molecule has 6 rings (SSSR count). The van der Waals surface area contributed by atoms with Crippen molar-refractivity contribution in [2.75, 3.05) is 62.9 Å². The van der Waals surface area contributed by atoms with Gasteiger partial charge in [0.2, 0.25) is 0 Å². The van der Waals surface area contributed by atoms with E-state index < -0.39 is 44.9 Å². The Hall–Kier alpha value is -6.38. The number of aromatic nitrogens is 4. The lowest BCUT2D eigenvalue weighted by Gasteiger charge is -2.15. The molecule has 0 saturated carbocycles. The quantitative estimate of drug-likeness (QED) is 0.0467. The van der Waals surface area contributed by atoms with Gasteiger partial charge in [0.15, 0.2) is 11.7 Å². The topological polar surface area (TPSA) is 206 Å². The minimum atomic E-state index is -2.94. The van der Waals surface area contributed by atoms with E-state index in [0.717, 1.165) is 21.1 Å². The molecule has 2 heterocycles. The molecule has 0 spiro atoms. The molecular weight excluding hydrogens is 965 g/mol. The third-order valence-electron chi connectivity index (χ3n) is 8.56. The lowest BCUT2D eigenvalue weighted by Crippen LogP contribution is -2.13. The van der Waals surface area contributed by atoms with Crippen molar-refractivity contribution in [3.8, 4) is 23.0 Å². The minimum Gasteiger partial charge on any atom is -0.495 e. The molecule has 17 nitrogen and oxygen atoms in total. The highest BCUT2D eigenvalue weighted by Gasteiger charge is 2.22. The largest absolute Gasteiger partial charge is 0.698 e. The van der Waals surface area contributed by atoms with Gasteiger partial charge in [-0.05, 0) is 60.7 Å². The highest BCUT2D eigenvalue weighted by molar-refractivity contribution is 9.10. The molecule has 0 bridgehead atoms. The van der Waals surface area contributed by atoms with Gasteiger partial charge in [-0.1, -0.05) is 31.9 Å². The Morgan fingerprint density at radius 1 is 0.597 bits per heavy atom. The van der Waals surface area contributed by atoms with Crippen LogP contribution in [0.5, 0.6) is 23.0 Å². The van der Waals surface area contributed by atoms with E-state index in [2.05, 4.69) is 73.1 Å². The number of nitrogens with one attached hydrogen (secondary N) is 4. The van der Waals surface area contributed by atoms with E-state index in [1.807, 2.05) is 12.1 Å². The first kappa shape index (κ1) is 45.2. The van der Waals surface area contributed by atoms with Crippen LogP contribution in [-0.4, -0.2) is 73.4 Å². The summed E-state index contributed by atoms with van der Waals surface area (Å²) in [7, 11) is 2.84. The van der Waals surface area contributed by atoms with Crippen molar-refractivity contribution < 1.29 is 50.9 Å². The fraction of sp³-hybridized carbons (Fsp3) is 0.150. The molecule has 62 heavy (non-hydrogen) atoms. The number of anilines is 6. The SMILES string of the molecule is COc1cc2ncnc(Nc3cc(Br)ccc3OC)c2cc1NC(=O)C(F)=CCO[P+](=O)OCC=C(F)C(=O)Nc1cc2c(Nc3cc(Br)ccc3OC)ncnc2cc1OC. The molecule has 2 amide bonds. The van der Waals surface area contributed by atoms with Gasteiger partial charge in [0, 0.05) is 36.4 Å². The van der Waals surface area contributed by atoms with E-state index in [0.29, 0.717) is 56.3 Å². The number of ether oxygens (including phenoxy) is 4. The maximum absolute atomic E-state index is 14.9. The van der Waals surface area contributed by atoms with Gasteiger partial charge in [-0.3, -0.25) is 9.59 Å². The third kappa shape index (κ3) is 11.1. The molecule has 0 radical (unpaired) electrons. The Balaban J connectivity index is 1.04. The van der Waals surface area contributed by atoms with Crippen LogP contribution in [-0.2, 0) is 23.2 Å².